The number of hydrogen-bond donors (Lipinski definition) is 2. The first-order valence-electron chi connectivity index (χ1n) is 8.29. The minimum absolute atomic E-state index is 0.0213. The largest absolute Gasteiger partial charge is 0.494 e. The predicted molar refractivity (Wildman–Crippen MR) is 114 cm³/mol. The van der Waals surface area contributed by atoms with Crippen LogP contribution in [0.1, 0.15) is 16.7 Å². The molecule has 0 unspecified atom stereocenters. The number of aliphatic imine (C=N–C) groups is 1. The summed E-state index contributed by atoms with van der Waals surface area (Å²) >= 11 is 9.57. The lowest BCUT2D eigenvalue weighted by molar-refractivity contribution is 0.408. The van der Waals surface area contributed by atoms with Crippen LogP contribution in [0.2, 0.25) is 5.02 Å². The number of fused-ring (bicyclic) bond motifs is 1. The molecule has 0 atom stereocenters. The van der Waals surface area contributed by atoms with Crippen LogP contribution in [0.5, 0.6) is 5.88 Å². The van der Waals surface area contributed by atoms with E-state index in [0.717, 1.165) is 20.3 Å². The highest BCUT2D eigenvalue weighted by molar-refractivity contribution is 9.10. The fraction of sp³-hybridized carbons (Fsp3) is 0.0500. The van der Waals surface area contributed by atoms with Crippen molar-refractivity contribution in [2.24, 2.45) is 4.99 Å². The van der Waals surface area contributed by atoms with E-state index >= 15 is 0 Å². The van der Waals surface area contributed by atoms with E-state index in [1.807, 2.05) is 18.2 Å². The van der Waals surface area contributed by atoms with E-state index in [9.17, 15) is 14.7 Å². The number of aromatic hydroxyl groups is 1. The Hall–Kier alpha value is -2.90. The summed E-state index contributed by atoms with van der Waals surface area (Å²) in [6, 6.07) is 12.6. The van der Waals surface area contributed by atoms with Crippen molar-refractivity contribution in [1.29, 1.82) is 0 Å². The number of halogens is 2. The van der Waals surface area contributed by atoms with Crippen molar-refractivity contribution in [2.45, 2.75) is 6.54 Å². The molecule has 0 amide bonds. The topological polar surface area (TPSA) is 87.5 Å². The fourth-order valence-electron chi connectivity index (χ4n) is 2.98. The zero-order chi connectivity index (χ0) is 19.8. The molecule has 3 aromatic rings. The summed E-state index contributed by atoms with van der Waals surface area (Å²) < 4.78 is 1.94. The molecule has 0 aliphatic carbocycles. The second-order valence-electron chi connectivity index (χ2n) is 6.19. The molecule has 28 heavy (non-hydrogen) atoms. The minimum atomic E-state index is -0.715. The smallest absolute Gasteiger partial charge is 0.331 e. The average molecular weight is 459 g/mol. The van der Waals surface area contributed by atoms with Gasteiger partial charge in [0.05, 0.1) is 12.2 Å². The number of aromatic nitrogens is 2. The van der Waals surface area contributed by atoms with Crippen LogP contribution in [-0.2, 0) is 6.54 Å². The van der Waals surface area contributed by atoms with Crippen molar-refractivity contribution in [2.75, 3.05) is 0 Å². The molecular weight excluding hydrogens is 446 g/mol. The van der Waals surface area contributed by atoms with Gasteiger partial charge in [-0.05, 0) is 35.9 Å². The first kappa shape index (κ1) is 18.5. The van der Waals surface area contributed by atoms with Crippen molar-refractivity contribution >= 4 is 51.1 Å². The molecule has 6 nitrogen and oxygen atoms in total. The van der Waals surface area contributed by atoms with Gasteiger partial charge in [-0.1, -0.05) is 45.7 Å². The third kappa shape index (κ3) is 3.34. The Morgan fingerprint density at radius 2 is 2.00 bits per heavy atom. The molecule has 2 aromatic carbocycles. The lowest BCUT2D eigenvalue weighted by Gasteiger charge is -2.11. The summed E-state index contributed by atoms with van der Waals surface area (Å²) in [5.74, 6) is -0.432. The normalized spacial score (nSPS) is 13.9. The van der Waals surface area contributed by atoms with Crippen LogP contribution >= 0.6 is 27.5 Å². The SMILES string of the molecule is O=c1[nH]c(=O)n(Cc2ccccc2Cl)c(O)c1C=C1C=Nc2ccc(Br)cc21. The second kappa shape index (κ2) is 7.26. The van der Waals surface area contributed by atoms with Crippen molar-refractivity contribution in [1.82, 2.24) is 9.55 Å². The van der Waals surface area contributed by atoms with Crippen LogP contribution in [0.4, 0.5) is 5.69 Å². The quantitative estimate of drug-likeness (QED) is 0.623. The van der Waals surface area contributed by atoms with Crippen LogP contribution in [0, 0.1) is 0 Å². The van der Waals surface area contributed by atoms with Gasteiger partial charge in [-0.15, -0.1) is 0 Å². The molecule has 0 bridgehead atoms. The predicted octanol–water partition coefficient (Wildman–Crippen LogP) is 3.96. The van der Waals surface area contributed by atoms with Crippen LogP contribution in [0.3, 0.4) is 0 Å². The molecule has 2 heterocycles. The summed E-state index contributed by atoms with van der Waals surface area (Å²) in [6.07, 6.45) is 3.12. The number of nitrogens with zero attached hydrogens (tertiary/aromatic N) is 2. The fourth-order valence-corrected chi connectivity index (χ4v) is 3.54. The van der Waals surface area contributed by atoms with Crippen LogP contribution < -0.4 is 11.2 Å². The van der Waals surface area contributed by atoms with Crippen molar-refractivity contribution in [3.63, 3.8) is 0 Å². The van der Waals surface area contributed by atoms with Crippen molar-refractivity contribution in [3.8, 4) is 5.88 Å². The Morgan fingerprint density at radius 1 is 1.21 bits per heavy atom. The lowest BCUT2D eigenvalue weighted by Crippen LogP contribution is -2.31. The molecule has 1 aliphatic heterocycles. The highest BCUT2D eigenvalue weighted by Gasteiger charge is 2.18. The van der Waals surface area contributed by atoms with E-state index in [-0.39, 0.29) is 12.1 Å². The lowest BCUT2D eigenvalue weighted by atomic mass is 10.1. The third-order valence-corrected chi connectivity index (χ3v) is 5.27. The molecule has 8 heteroatoms. The minimum Gasteiger partial charge on any atom is -0.494 e. The van der Waals surface area contributed by atoms with Gasteiger partial charge in [0.1, 0.15) is 5.56 Å². The molecular formula is C20H13BrClN3O3. The second-order valence-corrected chi connectivity index (χ2v) is 7.52. The molecule has 0 radical (unpaired) electrons. The van der Waals surface area contributed by atoms with E-state index in [1.54, 1.807) is 30.5 Å². The van der Waals surface area contributed by atoms with E-state index < -0.39 is 17.1 Å². The van der Waals surface area contributed by atoms with E-state index in [1.165, 1.54) is 6.08 Å². The Morgan fingerprint density at radius 3 is 2.79 bits per heavy atom. The van der Waals surface area contributed by atoms with Gasteiger partial charge in [0.2, 0.25) is 5.88 Å². The number of allylic oxidation sites excluding steroid dienone is 1. The number of hydrogen-bond acceptors (Lipinski definition) is 4. The zero-order valence-electron chi connectivity index (χ0n) is 14.3. The van der Waals surface area contributed by atoms with Crippen molar-refractivity contribution < 1.29 is 5.11 Å². The number of benzene rings is 2. The number of aromatic amines is 1. The molecule has 1 aromatic heterocycles. The van der Waals surface area contributed by atoms with Crippen molar-refractivity contribution in [3.05, 3.63) is 89.5 Å². The van der Waals surface area contributed by atoms with Gasteiger partial charge in [-0.2, -0.15) is 0 Å². The van der Waals surface area contributed by atoms with Gasteiger partial charge in [-0.25, -0.2) is 4.79 Å². The van der Waals surface area contributed by atoms with Gasteiger partial charge in [0, 0.05) is 26.8 Å². The first-order valence-corrected chi connectivity index (χ1v) is 9.46. The zero-order valence-corrected chi connectivity index (χ0v) is 16.7. The molecule has 2 N–H and O–H groups in total. The Labute approximate surface area is 172 Å². The molecule has 0 spiro atoms. The highest BCUT2D eigenvalue weighted by Crippen LogP contribution is 2.35. The average Bonchev–Trinajstić information content (AvgIpc) is 3.05. The summed E-state index contributed by atoms with van der Waals surface area (Å²) in [5.41, 5.74) is 1.45. The molecule has 4 rings (SSSR count). The maximum Gasteiger partial charge on any atom is 0.331 e. The Kier molecular flexibility index (Phi) is 4.78. The molecule has 0 fully saturated rings. The maximum absolute atomic E-state index is 12.3. The van der Waals surface area contributed by atoms with Gasteiger partial charge in [0.25, 0.3) is 5.56 Å². The summed E-state index contributed by atoms with van der Waals surface area (Å²) in [5, 5.41) is 11.1. The summed E-state index contributed by atoms with van der Waals surface area (Å²) in [6.45, 7) is 0.0213. The van der Waals surface area contributed by atoms with E-state index in [4.69, 9.17) is 11.6 Å². The first-order chi connectivity index (χ1) is 13.4. The van der Waals surface area contributed by atoms with Gasteiger partial charge >= 0.3 is 5.69 Å². The third-order valence-electron chi connectivity index (χ3n) is 4.41. The Bertz CT molecular complexity index is 1270. The standard InChI is InChI=1S/C20H13BrClN3O3/c21-13-5-6-17-14(8-13)12(9-23-17)7-15-18(26)24-20(28)25(19(15)27)10-11-3-1-2-4-16(11)22/h1-9,27H,10H2,(H,24,26,28). The monoisotopic (exact) mass is 457 g/mol. The number of H-pyrrole nitrogens is 1. The molecule has 0 saturated heterocycles. The number of nitrogens with one attached hydrogen (secondary N) is 1. The van der Waals surface area contributed by atoms with Crippen LogP contribution in [-0.4, -0.2) is 20.9 Å². The Balaban J connectivity index is 1.83. The maximum atomic E-state index is 12.3. The van der Waals surface area contributed by atoms with Gasteiger partial charge in [-0.3, -0.25) is 19.3 Å². The van der Waals surface area contributed by atoms with E-state index in [2.05, 4.69) is 25.9 Å². The molecule has 0 saturated carbocycles. The summed E-state index contributed by atoms with van der Waals surface area (Å²) in [4.78, 5) is 31.2. The van der Waals surface area contributed by atoms with E-state index in [0.29, 0.717) is 16.2 Å². The number of rotatable bonds is 3. The summed E-state index contributed by atoms with van der Waals surface area (Å²) in [7, 11) is 0. The highest BCUT2D eigenvalue weighted by atomic mass is 79.9. The van der Waals surface area contributed by atoms with Gasteiger partial charge in [0.15, 0.2) is 0 Å². The molecule has 1 aliphatic rings. The van der Waals surface area contributed by atoms with Crippen LogP contribution in [0.15, 0.2) is 61.5 Å². The molecule has 140 valence electrons. The van der Waals surface area contributed by atoms with Gasteiger partial charge < -0.3 is 5.11 Å². The van der Waals surface area contributed by atoms with Crippen LogP contribution in [0.25, 0.3) is 11.6 Å².